The van der Waals surface area contributed by atoms with Gasteiger partial charge in [0.2, 0.25) is 0 Å². The zero-order chi connectivity index (χ0) is 12.4. The van der Waals surface area contributed by atoms with Crippen molar-refractivity contribution in [3.05, 3.63) is 34.6 Å². The van der Waals surface area contributed by atoms with Crippen LogP contribution in [0.3, 0.4) is 0 Å². The summed E-state index contributed by atoms with van der Waals surface area (Å²) in [5.41, 5.74) is 0.231. The van der Waals surface area contributed by atoms with Gasteiger partial charge in [-0.2, -0.15) is 0 Å². The molecule has 17 heavy (non-hydrogen) atoms. The van der Waals surface area contributed by atoms with Crippen molar-refractivity contribution in [2.75, 3.05) is 26.7 Å². The van der Waals surface area contributed by atoms with E-state index in [2.05, 4.69) is 0 Å². The maximum absolute atomic E-state index is 13.6. The molecule has 0 amide bonds. The predicted molar refractivity (Wildman–Crippen MR) is 63.6 cm³/mol. The maximum Gasteiger partial charge on any atom is 0.130 e. The minimum absolute atomic E-state index is 0.231. The SMILES string of the molecule is CN1CCOC(C(O)c2ccc(Cl)cc2F)C1. The molecule has 0 aromatic heterocycles. The van der Waals surface area contributed by atoms with Crippen LogP contribution in [0, 0.1) is 5.82 Å². The van der Waals surface area contributed by atoms with E-state index in [0.717, 1.165) is 6.54 Å². The van der Waals surface area contributed by atoms with Crippen molar-refractivity contribution in [1.29, 1.82) is 0 Å². The number of morpholine rings is 1. The molecule has 1 aromatic carbocycles. The molecular formula is C12H15ClFNO2. The average Bonchev–Trinajstić information content (AvgIpc) is 2.28. The van der Waals surface area contributed by atoms with Crippen LogP contribution in [0.5, 0.6) is 0 Å². The summed E-state index contributed by atoms with van der Waals surface area (Å²) < 4.78 is 19.1. The van der Waals surface area contributed by atoms with Crippen molar-refractivity contribution >= 4 is 11.6 Å². The number of rotatable bonds is 2. The summed E-state index contributed by atoms with van der Waals surface area (Å²) in [6, 6.07) is 4.27. The van der Waals surface area contributed by atoms with Crippen molar-refractivity contribution in [3.8, 4) is 0 Å². The third-order valence-electron chi connectivity index (χ3n) is 2.93. The fourth-order valence-corrected chi connectivity index (χ4v) is 2.10. The molecule has 1 aliphatic heterocycles. The highest BCUT2D eigenvalue weighted by atomic mass is 35.5. The van der Waals surface area contributed by atoms with E-state index in [-0.39, 0.29) is 5.56 Å². The molecular weight excluding hydrogens is 245 g/mol. The smallest absolute Gasteiger partial charge is 0.130 e. The molecule has 0 aliphatic carbocycles. The predicted octanol–water partition coefficient (Wildman–Crippen LogP) is 1.84. The van der Waals surface area contributed by atoms with Crippen molar-refractivity contribution in [2.24, 2.45) is 0 Å². The van der Waals surface area contributed by atoms with Gasteiger partial charge in [0, 0.05) is 23.7 Å². The van der Waals surface area contributed by atoms with Gasteiger partial charge in [-0.25, -0.2) is 4.39 Å². The molecule has 3 nitrogen and oxygen atoms in total. The summed E-state index contributed by atoms with van der Waals surface area (Å²) in [6.45, 7) is 1.96. The Morgan fingerprint density at radius 2 is 2.35 bits per heavy atom. The van der Waals surface area contributed by atoms with Gasteiger partial charge in [0.1, 0.15) is 18.0 Å². The van der Waals surface area contributed by atoms with E-state index in [1.807, 2.05) is 11.9 Å². The highest BCUT2D eigenvalue weighted by molar-refractivity contribution is 6.30. The lowest BCUT2D eigenvalue weighted by Crippen LogP contribution is -2.43. The fourth-order valence-electron chi connectivity index (χ4n) is 1.94. The molecule has 0 bridgehead atoms. The van der Waals surface area contributed by atoms with E-state index < -0.39 is 18.0 Å². The Labute approximate surface area is 105 Å². The Morgan fingerprint density at radius 1 is 1.59 bits per heavy atom. The Balaban J connectivity index is 2.15. The molecule has 2 unspecified atom stereocenters. The maximum atomic E-state index is 13.6. The van der Waals surface area contributed by atoms with E-state index in [4.69, 9.17) is 16.3 Å². The minimum Gasteiger partial charge on any atom is -0.386 e. The standard InChI is InChI=1S/C12H15ClFNO2/c1-15-4-5-17-11(7-15)12(16)9-3-2-8(13)6-10(9)14/h2-3,6,11-12,16H,4-5,7H2,1H3. The van der Waals surface area contributed by atoms with Crippen LogP contribution in [0.1, 0.15) is 11.7 Å². The van der Waals surface area contributed by atoms with E-state index >= 15 is 0 Å². The normalized spacial score (nSPS) is 23.6. The highest BCUT2D eigenvalue weighted by Gasteiger charge is 2.28. The first-order valence-corrected chi connectivity index (χ1v) is 5.89. The van der Waals surface area contributed by atoms with Crippen LogP contribution in [0.15, 0.2) is 18.2 Å². The van der Waals surface area contributed by atoms with Crippen LogP contribution < -0.4 is 0 Å². The molecule has 0 spiro atoms. The third-order valence-corrected chi connectivity index (χ3v) is 3.16. The monoisotopic (exact) mass is 259 g/mol. The molecule has 2 atom stereocenters. The van der Waals surface area contributed by atoms with Gasteiger partial charge in [0.05, 0.1) is 6.61 Å². The first-order valence-electron chi connectivity index (χ1n) is 5.51. The number of aliphatic hydroxyl groups is 1. The molecule has 0 saturated carbocycles. The van der Waals surface area contributed by atoms with Gasteiger partial charge in [0.15, 0.2) is 0 Å². The summed E-state index contributed by atoms with van der Waals surface area (Å²) in [6.07, 6.45) is -1.36. The number of likely N-dealkylation sites (N-methyl/N-ethyl adjacent to an activating group) is 1. The lowest BCUT2D eigenvalue weighted by Gasteiger charge is -2.33. The van der Waals surface area contributed by atoms with E-state index in [1.54, 1.807) is 6.07 Å². The Hall–Kier alpha value is -0.680. The number of halogens is 2. The topological polar surface area (TPSA) is 32.7 Å². The quantitative estimate of drug-likeness (QED) is 0.880. The molecule has 1 saturated heterocycles. The molecule has 1 heterocycles. The minimum atomic E-state index is -0.963. The van der Waals surface area contributed by atoms with Crippen LogP contribution in [-0.4, -0.2) is 42.9 Å². The molecule has 94 valence electrons. The summed E-state index contributed by atoms with van der Waals surface area (Å²) in [4.78, 5) is 2.05. The number of ether oxygens (including phenoxy) is 1. The molecule has 0 radical (unpaired) electrons. The first-order chi connectivity index (χ1) is 8.08. The average molecular weight is 260 g/mol. The molecule has 1 aromatic rings. The van der Waals surface area contributed by atoms with Gasteiger partial charge in [-0.1, -0.05) is 17.7 Å². The Morgan fingerprint density at radius 3 is 3.00 bits per heavy atom. The summed E-state index contributed by atoms with van der Waals surface area (Å²) in [5.74, 6) is -0.498. The van der Waals surface area contributed by atoms with Crippen LogP contribution in [0.4, 0.5) is 4.39 Å². The van der Waals surface area contributed by atoms with Crippen LogP contribution in [0.25, 0.3) is 0 Å². The van der Waals surface area contributed by atoms with Crippen LogP contribution in [0.2, 0.25) is 5.02 Å². The summed E-state index contributed by atoms with van der Waals surface area (Å²) in [5, 5.41) is 10.4. The molecule has 2 rings (SSSR count). The number of hydrogen-bond donors (Lipinski definition) is 1. The van der Waals surface area contributed by atoms with E-state index in [1.165, 1.54) is 12.1 Å². The number of hydrogen-bond acceptors (Lipinski definition) is 3. The van der Waals surface area contributed by atoms with E-state index in [0.29, 0.717) is 18.2 Å². The van der Waals surface area contributed by atoms with Crippen molar-refractivity contribution in [2.45, 2.75) is 12.2 Å². The highest BCUT2D eigenvalue weighted by Crippen LogP contribution is 2.26. The molecule has 1 fully saturated rings. The van der Waals surface area contributed by atoms with Gasteiger partial charge >= 0.3 is 0 Å². The van der Waals surface area contributed by atoms with Gasteiger partial charge in [-0.3, -0.25) is 0 Å². The Bertz CT molecular complexity index is 402. The van der Waals surface area contributed by atoms with Crippen molar-refractivity contribution in [3.63, 3.8) is 0 Å². The molecule has 5 heteroatoms. The number of aliphatic hydroxyl groups excluding tert-OH is 1. The second-order valence-corrected chi connectivity index (χ2v) is 4.72. The summed E-state index contributed by atoms with van der Waals surface area (Å²) in [7, 11) is 1.94. The second-order valence-electron chi connectivity index (χ2n) is 4.28. The zero-order valence-electron chi connectivity index (χ0n) is 9.57. The lowest BCUT2D eigenvalue weighted by atomic mass is 10.0. The third kappa shape index (κ3) is 2.96. The van der Waals surface area contributed by atoms with Crippen LogP contribution in [-0.2, 0) is 4.74 Å². The van der Waals surface area contributed by atoms with Gasteiger partial charge < -0.3 is 14.7 Å². The Kier molecular flexibility index (Phi) is 3.99. The second kappa shape index (κ2) is 5.31. The van der Waals surface area contributed by atoms with Gasteiger partial charge in [0.25, 0.3) is 0 Å². The number of nitrogens with zero attached hydrogens (tertiary/aromatic N) is 1. The molecule has 1 aliphatic rings. The van der Waals surface area contributed by atoms with Crippen LogP contribution >= 0.6 is 11.6 Å². The first kappa shape index (κ1) is 12.8. The zero-order valence-corrected chi connectivity index (χ0v) is 10.3. The molecule has 1 N–H and O–H groups in total. The van der Waals surface area contributed by atoms with Gasteiger partial charge in [-0.05, 0) is 19.2 Å². The van der Waals surface area contributed by atoms with Crippen molar-refractivity contribution in [1.82, 2.24) is 4.90 Å². The van der Waals surface area contributed by atoms with Gasteiger partial charge in [-0.15, -0.1) is 0 Å². The largest absolute Gasteiger partial charge is 0.386 e. The fraction of sp³-hybridized carbons (Fsp3) is 0.500. The lowest BCUT2D eigenvalue weighted by molar-refractivity contribution is -0.0853. The number of benzene rings is 1. The van der Waals surface area contributed by atoms with Crippen molar-refractivity contribution < 1.29 is 14.2 Å². The van der Waals surface area contributed by atoms with E-state index in [9.17, 15) is 9.50 Å². The summed E-state index contributed by atoms with van der Waals surface area (Å²) >= 11 is 5.67.